The Balaban J connectivity index is 2.28. The summed E-state index contributed by atoms with van der Waals surface area (Å²) in [6.45, 7) is 4.09. The number of rotatable bonds is 1. The van der Waals surface area contributed by atoms with Crippen molar-refractivity contribution in [2.75, 3.05) is 5.73 Å². The van der Waals surface area contributed by atoms with Crippen LogP contribution in [-0.4, -0.2) is 14.6 Å². The fraction of sp³-hybridized carbons (Fsp3) is 0.143. The molecule has 0 radical (unpaired) electrons. The molecule has 4 nitrogen and oxygen atoms in total. The first kappa shape index (κ1) is 10.8. The zero-order chi connectivity index (χ0) is 12.7. The lowest BCUT2D eigenvalue weighted by Gasteiger charge is -2.05. The zero-order valence-electron chi connectivity index (χ0n) is 10.4. The average Bonchev–Trinajstić information content (AvgIpc) is 2.75. The molecule has 3 aromatic rings. The highest BCUT2D eigenvalue weighted by molar-refractivity contribution is 5.67. The Labute approximate surface area is 105 Å². The van der Waals surface area contributed by atoms with Gasteiger partial charge in [0, 0.05) is 17.4 Å². The van der Waals surface area contributed by atoms with E-state index in [2.05, 4.69) is 10.2 Å². The number of hydrogen-bond acceptors (Lipinski definition) is 3. The summed E-state index contributed by atoms with van der Waals surface area (Å²) < 4.78 is 1.98. The number of pyridine rings is 1. The molecule has 0 aliphatic rings. The number of benzene rings is 1. The van der Waals surface area contributed by atoms with E-state index >= 15 is 0 Å². The summed E-state index contributed by atoms with van der Waals surface area (Å²) in [4.78, 5) is 0. The van der Waals surface area contributed by atoms with Crippen molar-refractivity contribution in [1.29, 1.82) is 0 Å². The SMILES string of the molecule is Cc1ccn2c(-c3cc(N)ccc3C)nnc2c1. The second-order valence-corrected chi connectivity index (χ2v) is 4.53. The van der Waals surface area contributed by atoms with Gasteiger partial charge in [-0.05, 0) is 49.2 Å². The van der Waals surface area contributed by atoms with Crippen LogP contribution in [-0.2, 0) is 0 Å². The first-order valence-corrected chi connectivity index (χ1v) is 5.83. The zero-order valence-corrected chi connectivity index (χ0v) is 10.4. The van der Waals surface area contributed by atoms with E-state index < -0.39 is 0 Å². The fourth-order valence-electron chi connectivity index (χ4n) is 2.06. The lowest BCUT2D eigenvalue weighted by molar-refractivity contribution is 1.11. The molecule has 0 aliphatic heterocycles. The molecule has 0 saturated heterocycles. The second kappa shape index (κ2) is 3.84. The van der Waals surface area contributed by atoms with Gasteiger partial charge in [0.2, 0.25) is 0 Å². The van der Waals surface area contributed by atoms with Gasteiger partial charge < -0.3 is 5.73 Å². The minimum absolute atomic E-state index is 0.736. The monoisotopic (exact) mass is 238 g/mol. The summed E-state index contributed by atoms with van der Waals surface area (Å²) in [6, 6.07) is 9.89. The molecular formula is C14H14N4. The predicted octanol–water partition coefficient (Wildman–Crippen LogP) is 2.60. The molecule has 0 saturated carbocycles. The maximum absolute atomic E-state index is 5.84. The normalized spacial score (nSPS) is 11.0. The van der Waals surface area contributed by atoms with Crippen LogP contribution in [0.2, 0.25) is 0 Å². The molecule has 0 amide bonds. The minimum atomic E-state index is 0.736. The quantitative estimate of drug-likeness (QED) is 0.663. The van der Waals surface area contributed by atoms with Crippen molar-refractivity contribution in [3.63, 3.8) is 0 Å². The van der Waals surface area contributed by atoms with Crippen LogP contribution in [0.3, 0.4) is 0 Å². The first-order chi connectivity index (χ1) is 8.65. The lowest BCUT2D eigenvalue weighted by atomic mass is 10.1. The molecule has 4 heteroatoms. The Hall–Kier alpha value is -2.36. The smallest absolute Gasteiger partial charge is 0.168 e. The van der Waals surface area contributed by atoms with E-state index in [1.165, 1.54) is 5.56 Å². The van der Waals surface area contributed by atoms with Crippen molar-refractivity contribution >= 4 is 11.3 Å². The van der Waals surface area contributed by atoms with Crippen LogP contribution in [0.25, 0.3) is 17.0 Å². The second-order valence-electron chi connectivity index (χ2n) is 4.53. The van der Waals surface area contributed by atoms with E-state index in [0.29, 0.717) is 0 Å². The van der Waals surface area contributed by atoms with Gasteiger partial charge in [-0.3, -0.25) is 4.40 Å². The van der Waals surface area contributed by atoms with Gasteiger partial charge in [0.15, 0.2) is 11.5 Å². The molecular weight excluding hydrogens is 224 g/mol. The van der Waals surface area contributed by atoms with Gasteiger partial charge in [-0.25, -0.2) is 0 Å². The Morgan fingerprint density at radius 3 is 2.72 bits per heavy atom. The Kier molecular flexibility index (Phi) is 2.30. The van der Waals surface area contributed by atoms with E-state index in [0.717, 1.165) is 28.3 Å². The third-order valence-corrected chi connectivity index (χ3v) is 3.07. The van der Waals surface area contributed by atoms with Crippen LogP contribution in [0.1, 0.15) is 11.1 Å². The van der Waals surface area contributed by atoms with Gasteiger partial charge in [0.05, 0.1) is 0 Å². The van der Waals surface area contributed by atoms with Gasteiger partial charge in [0.1, 0.15) is 0 Å². The summed E-state index contributed by atoms with van der Waals surface area (Å²) in [6.07, 6.45) is 1.99. The highest BCUT2D eigenvalue weighted by Crippen LogP contribution is 2.24. The Morgan fingerprint density at radius 2 is 1.89 bits per heavy atom. The van der Waals surface area contributed by atoms with Gasteiger partial charge >= 0.3 is 0 Å². The topological polar surface area (TPSA) is 56.2 Å². The third-order valence-electron chi connectivity index (χ3n) is 3.07. The van der Waals surface area contributed by atoms with Crippen molar-refractivity contribution in [3.8, 4) is 11.4 Å². The predicted molar refractivity (Wildman–Crippen MR) is 72.3 cm³/mol. The van der Waals surface area contributed by atoms with Crippen LogP contribution >= 0.6 is 0 Å². The van der Waals surface area contributed by atoms with Crippen LogP contribution in [0.15, 0.2) is 36.5 Å². The van der Waals surface area contributed by atoms with E-state index in [9.17, 15) is 0 Å². The molecule has 0 aliphatic carbocycles. The van der Waals surface area contributed by atoms with E-state index in [1.807, 2.05) is 54.8 Å². The minimum Gasteiger partial charge on any atom is -0.399 e. The lowest BCUT2D eigenvalue weighted by Crippen LogP contribution is -1.94. The third kappa shape index (κ3) is 1.62. The van der Waals surface area contributed by atoms with Crippen LogP contribution in [0.4, 0.5) is 5.69 Å². The molecule has 2 N–H and O–H groups in total. The Morgan fingerprint density at radius 1 is 1.06 bits per heavy atom. The van der Waals surface area contributed by atoms with Crippen molar-refractivity contribution < 1.29 is 0 Å². The number of nitrogens with zero attached hydrogens (tertiary/aromatic N) is 3. The highest BCUT2D eigenvalue weighted by atomic mass is 15.2. The van der Waals surface area contributed by atoms with Gasteiger partial charge in [-0.15, -0.1) is 10.2 Å². The maximum atomic E-state index is 5.84. The molecule has 0 bridgehead atoms. The summed E-state index contributed by atoms with van der Waals surface area (Å²) >= 11 is 0. The number of anilines is 1. The molecule has 1 aromatic carbocycles. The molecule has 2 heterocycles. The van der Waals surface area contributed by atoms with E-state index in [-0.39, 0.29) is 0 Å². The highest BCUT2D eigenvalue weighted by Gasteiger charge is 2.10. The van der Waals surface area contributed by atoms with Crippen molar-refractivity contribution in [2.24, 2.45) is 0 Å². The van der Waals surface area contributed by atoms with Crippen LogP contribution in [0.5, 0.6) is 0 Å². The molecule has 0 spiro atoms. The van der Waals surface area contributed by atoms with Crippen molar-refractivity contribution in [3.05, 3.63) is 47.7 Å². The standard InChI is InChI=1S/C14H14N4/c1-9-5-6-18-13(7-9)16-17-14(18)12-8-11(15)4-3-10(12)2/h3-8H,15H2,1-2H3. The number of aromatic nitrogens is 3. The van der Waals surface area contributed by atoms with Crippen LogP contribution < -0.4 is 5.73 Å². The van der Waals surface area contributed by atoms with Gasteiger partial charge in [-0.2, -0.15) is 0 Å². The van der Waals surface area contributed by atoms with E-state index in [4.69, 9.17) is 5.73 Å². The van der Waals surface area contributed by atoms with E-state index in [1.54, 1.807) is 0 Å². The number of fused-ring (bicyclic) bond motifs is 1. The summed E-state index contributed by atoms with van der Waals surface area (Å²) in [7, 11) is 0. The largest absolute Gasteiger partial charge is 0.399 e. The molecule has 18 heavy (non-hydrogen) atoms. The first-order valence-electron chi connectivity index (χ1n) is 5.83. The summed E-state index contributed by atoms with van der Waals surface area (Å²) in [5.41, 5.74) is 10.8. The number of nitrogen functional groups attached to an aromatic ring is 1. The molecule has 90 valence electrons. The molecule has 3 rings (SSSR count). The average molecular weight is 238 g/mol. The molecule has 0 fully saturated rings. The van der Waals surface area contributed by atoms with Gasteiger partial charge in [-0.1, -0.05) is 6.07 Å². The van der Waals surface area contributed by atoms with Gasteiger partial charge in [0.25, 0.3) is 0 Å². The number of nitrogens with two attached hydrogens (primary N) is 1. The van der Waals surface area contributed by atoms with Crippen molar-refractivity contribution in [1.82, 2.24) is 14.6 Å². The molecule has 2 aromatic heterocycles. The van der Waals surface area contributed by atoms with Crippen molar-refractivity contribution in [2.45, 2.75) is 13.8 Å². The van der Waals surface area contributed by atoms with Crippen LogP contribution in [0, 0.1) is 13.8 Å². The number of aryl methyl sites for hydroxylation is 2. The Bertz CT molecular complexity index is 728. The summed E-state index contributed by atoms with van der Waals surface area (Å²) in [5.74, 6) is 0.829. The molecule has 0 atom stereocenters. The maximum Gasteiger partial charge on any atom is 0.168 e. The summed E-state index contributed by atoms with van der Waals surface area (Å²) in [5, 5.41) is 8.46. The number of hydrogen-bond donors (Lipinski definition) is 1. The molecule has 0 unspecified atom stereocenters. The fourth-order valence-corrected chi connectivity index (χ4v) is 2.06.